The normalized spacial score (nSPS) is 22.4. The molecule has 0 saturated heterocycles. The fraction of sp³-hybridized carbons (Fsp3) is 0.857. The minimum atomic E-state index is 0.0946. The molecule has 9 heavy (non-hydrogen) atoms. The molecule has 1 rings (SSSR count). The van der Waals surface area contributed by atoms with E-state index >= 15 is 0 Å². The summed E-state index contributed by atoms with van der Waals surface area (Å²) in [5, 5.41) is 2.92. The number of amides is 1. The summed E-state index contributed by atoms with van der Waals surface area (Å²) in [5.74, 6) is 0.0946. The maximum atomic E-state index is 10.5. The molecular weight excluding hydrogens is 114 g/mol. The first-order chi connectivity index (χ1) is 4.12. The zero-order valence-corrected chi connectivity index (χ0v) is 6.03. The quantitative estimate of drug-likeness (QED) is 0.560. The lowest BCUT2D eigenvalue weighted by Crippen LogP contribution is -2.50. The van der Waals surface area contributed by atoms with Gasteiger partial charge in [0.05, 0.1) is 0 Å². The number of hydrogen-bond donors (Lipinski definition) is 1. The first-order valence-electron chi connectivity index (χ1n) is 3.41. The molecule has 0 spiro atoms. The van der Waals surface area contributed by atoms with E-state index in [1.807, 2.05) is 0 Å². The molecule has 1 fully saturated rings. The van der Waals surface area contributed by atoms with E-state index in [0.717, 1.165) is 12.8 Å². The number of hydrogen-bond acceptors (Lipinski definition) is 1. The molecule has 1 amide bonds. The fourth-order valence-corrected chi connectivity index (χ4v) is 1.26. The molecule has 52 valence electrons. The Bertz CT molecular complexity index is 127. The first kappa shape index (κ1) is 6.59. The van der Waals surface area contributed by atoms with Gasteiger partial charge in [-0.3, -0.25) is 4.79 Å². The highest BCUT2D eigenvalue weighted by Crippen LogP contribution is 2.30. The van der Waals surface area contributed by atoms with E-state index in [2.05, 4.69) is 12.2 Å². The average molecular weight is 127 g/mol. The third-order valence-electron chi connectivity index (χ3n) is 1.93. The van der Waals surface area contributed by atoms with Gasteiger partial charge in [-0.25, -0.2) is 0 Å². The van der Waals surface area contributed by atoms with Crippen LogP contribution in [0.1, 0.15) is 33.1 Å². The molecule has 0 atom stereocenters. The molecule has 1 aliphatic carbocycles. The van der Waals surface area contributed by atoms with E-state index in [4.69, 9.17) is 0 Å². The van der Waals surface area contributed by atoms with E-state index in [1.54, 1.807) is 6.92 Å². The molecule has 0 aromatic rings. The molecular formula is C7H13NO. The second-order valence-electron chi connectivity index (χ2n) is 3.10. The Morgan fingerprint density at radius 2 is 2.11 bits per heavy atom. The summed E-state index contributed by atoms with van der Waals surface area (Å²) in [6.07, 6.45) is 3.55. The lowest BCUT2D eigenvalue weighted by molar-refractivity contribution is -0.121. The van der Waals surface area contributed by atoms with Crippen LogP contribution in [0.4, 0.5) is 0 Å². The number of nitrogens with one attached hydrogen (secondary N) is 1. The summed E-state index contributed by atoms with van der Waals surface area (Å²) in [6, 6.07) is 0. The van der Waals surface area contributed by atoms with Crippen molar-refractivity contribution in [3.05, 3.63) is 0 Å². The van der Waals surface area contributed by atoms with Crippen LogP contribution in [-0.2, 0) is 4.79 Å². The van der Waals surface area contributed by atoms with Gasteiger partial charge in [-0.05, 0) is 26.2 Å². The van der Waals surface area contributed by atoms with Gasteiger partial charge in [0.25, 0.3) is 0 Å². The number of rotatable bonds is 1. The molecule has 0 aromatic heterocycles. The van der Waals surface area contributed by atoms with Crippen LogP contribution in [0, 0.1) is 0 Å². The Kier molecular flexibility index (Phi) is 1.47. The third-order valence-corrected chi connectivity index (χ3v) is 1.93. The highest BCUT2D eigenvalue weighted by Gasteiger charge is 2.31. The van der Waals surface area contributed by atoms with Crippen LogP contribution in [0.5, 0.6) is 0 Å². The first-order valence-corrected chi connectivity index (χ1v) is 3.41. The molecule has 2 nitrogen and oxygen atoms in total. The second kappa shape index (κ2) is 2.01. The molecule has 1 saturated carbocycles. The predicted molar refractivity (Wildman–Crippen MR) is 36.1 cm³/mol. The van der Waals surface area contributed by atoms with E-state index in [-0.39, 0.29) is 11.4 Å². The van der Waals surface area contributed by atoms with E-state index in [0.29, 0.717) is 0 Å². The van der Waals surface area contributed by atoms with E-state index in [1.165, 1.54) is 6.42 Å². The van der Waals surface area contributed by atoms with Gasteiger partial charge in [0.1, 0.15) is 0 Å². The van der Waals surface area contributed by atoms with Gasteiger partial charge in [0, 0.05) is 12.5 Å². The van der Waals surface area contributed by atoms with Crippen LogP contribution in [0.2, 0.25) is 0 Å². The largest absolute Gasteiger partial charge is 0.351 e. The third kappa shape index (κ3) is 1.44. The lowest BCUT2D eigenvalue weighted by Gasteiger charge is -2.38. The van der Waals surface area contributed by atoms with Gasteiger partial charge in [-0.2, -0.15) is 0 Å². The van der Waals surface area contributed by atoms with Gasteiger partial charge >= 0.3 is 0 Å². The molecule has 0 heterocycles. The van der Waals surface area contributed by atoms with Gasteiger partial charge in [0.15, 0.2) is 0 Å². The minimum Gasteiger partial charge on any atom is -0.351 e. The molecule has 0 aromatic carbocycles. The van der Waals surface area contributed by atoms with Crippen molar-refractivity contribution < 1.29 is 4.79 Å². The van der Waals surface area contributed by atoms with Crippen molar-refractivity contribution in [2.24, 2.45) is 0 Å². The Balaban J connectivity index is 2.33. The van der Waals surface area contributed by atoms with Crippen LogP contribution >= 0.6 is 0 Å². The molecule has 0 aliphatic heterocycles. The highest BCUT2D eigenvalue weighted by molar-refractivity contribution is 5.73. The van der Waals surface area contributed by atoms with Crippen molar-refractivity contribution >= 4 is 5.91 Å². The standard InChI is InChI=1S/C7H13NO/c1-6(9)8-7(2)4-3-5-7/h3-5H2,1-2H3,(H,8,9). The zero-order valence-electron chi connectivity index (χ0n) is 6.03. The lowest BCUT2D eigenvalue weighted by atomic mass is 9.78. The smallest absolute Gasteiger partial charge is 0.217 e. The summed E-state index contributed by atoms with van der Waals surface area (Å²) in [6.45, 7) is 3.67. The summed E-state index contributed by atoms with van der Waals surface area (Å²) in [4.78, 5) is 10.5. The summed E-state index contributed by atoms with van der Waals surface area (Å²) in [5.41, 5.74) is 0.145. The number of carbonyl (C=O) groups is 1. The predicted octanol–water partition coefficient (Wildman–Crippen LogP) is 1.07. The highest BCUT2D eigenvalue weighted by atomic mass is 16.1. The van der Waals surface area contributed by atoms with Gasteiger partial charge in [-0.15, -0.1) is 0 Å². The number of carbonyl (C=O) groups excluding carboxylic acids is 1. The SMILES string of the molecule is CC(=O)NC1(C)CCC1. The van der Waals surface area contributed by atoms with Crippen molar-refractivity contribution in [1.82, 2.24) is 5.32 Å². The van der Waals surface area contributed by atoms with E-state index in [9.17, 15) is 4.79 Å². The van der Waals surface area contributed by atoms with Gasteiger partial charge < -0.3 is 5.32 Å². The molecule has 0 bridgehead atoms. The zero-order chi connectivity index (χ0) is 6.91. The van der Waals surface area contributed by atoms with Gasteiger partial charge in [-0.1, -0.05) is 0 Å². The monoisotopic (exact) mass is 127 g/mol. The molecule has 1 aliphatic rings. The second-order valence-corrected chi connectivity index (χ2v) is 3.10. The van der Waals surface area contributed by atoms with Crippen molar-refractivity contribution in [2.75, 3.05) is 0 Å². The van der Waals surface area contributed by atoms with Crippen molar-refractivity contribution in [3.63, 3.8) is 0 Å². The van der Waals surface area contributed by atoms with Crippen LogP contribution < -0.4 is 5.32 Å². The maximum Gasteiger partial charge on any atom is 0.217 e. The van der Waals surface area contributed by atoms with Crippen LogP contribution in [0.15, 0.2) is 0 Å². The Hall–Kier alpha value is -0.530. The Morgan fingerprint density at radius 1 is 1.56 bits per heavy atom. The Labute approximate surface area is 55.6 Å². The van der Waals surface area contributed by atoms with Crippen LogP contribution in [0.3, 0.4) is 0 Å². The molecule has 2 heteroatoms. The van der Waals surface area contributed by atoms with E-state index < -0.39 is 0 Å². The van der Waals surface area contributed by atoms with Crippen LogP contribution in [-0.4, -0.2) is 11.4 Å². The topological polar surface area (TPSA) is 29.1 Å². The fourth-order valence-electron chi connectivity index (χ4n) is 1.26. The van der Waals surface area contributed by atoms with Crippen LogP contribution in [0.25, 0.3) is 0 Å². The van der Waals surface area contributed by atoms with Crippen molar-refractivity contribution in [2.45, 2.75) is 38.6 Å². The maximum absolute atomic E-state index is 10.5. The Morgan fingerprint density at radius 3 is 2.22 bits per heavy atom. The molecule has 0 unspecified atom stereocenters. The summed E-state index contributed by atoms with van der Waals surface area (Å²) in [7, 11) is 0. The summed E-state index contributed by atoms with van der Waals surface area (Å²) >= 11 is 0. The molecule has 0 radical (unpaired) electrons. The van der Waals surface area contributed by atoms with Crippen molar-refractivity contribution in [1.29, 1.82) is 0 Å². The van der Waals surface area contributed by atoms with Gasteiger partial charge in [0.2, 0.25) is 5.91 Å². The van der Waals surface area contributed by atoms with Crippen molar-refractivity contribution in [3.8, 4) is 0 Å². The summed E-state index contributed by atoms with van der Waals surface area (Å²) < 4.78 is 0. The average Bonchev–Trinajstić information content (AvgIpc) is 1.60. The molecule has 1 N–H and O–H groups in total. The minimum absolute atomic E-state index is 0.0946.